The van der Waals surface area contributed by atoms with Gasteiger partial charge in [-0.2, -0.15) is 0 Å². The fraction of sp³-hybridized carbons (Fsp3) is 0.571. The molecule has 3 heteroatoms. The van der Waals surface area contributed by atoms with E-state index in [2.05, 4.69) is 42.0 Å². The minimum absolute atomic E-state index is 0.131. The molecule has 1 aromatic carbocycles. The zero-order valence-electron chi connectivity index (χ0n) is 11.0. The van der Waals surface area contributed by atoms with Gasteiger partial charge >= 0.3 is 0 Å². The largest absolute Gasteiger partial charge is 0.317 e. The average molecular weight is 302 g/mol. The minimum atomic E-state index is -0.131. The first-order valence-corrected chi connectivity index (χ1v) is 6.72. The van der Waals surface area contributed by atoms with E-state index in [1.165, 1.54) is 6.07 Å². The Morgan fingerprint density at radius 1 is 1.35 bits per heavy atom. The highest BCUT2D eigenvalue weighted by Crippen LogP contribution is 2.24. The van der Waals surface area contributed by atoms with Crippen LogP contribution < -0.4 is 5.32 Å². The van der Waals surface area contributed by atoms with Crippen LogP contribution in [0.2, 0.25) is 0 Å². The van der Waals surface area contributed by atoms with Gasteiger partial charge in [-0.25, -0.2) is 4.39 Å². The third-order valence-corrected chi connectivity index (χ3v) is 3.24. The summed E-state index contributed by atoms with van der Waals surface area (Å²) in [5.74, 6) is -0.131. The smallest absolute Gasteiger partial charge is 0.127 e. The van der Waals surface area contributed by atoms with Gasteiger partial charge < -0.3 is 5.32 Å². The van der Waals surface area contributed by atoms with Crippen LogP contribution in [0.15, 0.2) is 22.7 Å². The van der Waals surface area contributed by atoms with E-state index in [0.29, 0.717) is 6.04 Å². The van der Waals surface area contributed by atoms with Crippen molar-refractivity contribution >= 4 is 15.9 Å². The zero-order valence-corrected chi connectivity index (χ0v) is 12.6. The van der Waals surface area contributed by atoms with Crippen molar-refractivity contribution < 1.29 is 4.39 Å². The molecule has 0 bridgehead atoms. The molecule has 0 saturated heterocycles. The lowest BCUT2D eigenvalue weighted by Crippen LogP contribution is -2.32. The van der Waals surface area contributed by atoms with Crippen LogP contribution in [0.4, 0.5) is 4.39 Å². The van der Waals surface area contributed by atoms with Crippen LogP contribution in [0, 0.1) is 11.2 Å². The molecule has 0 spiro atoms. The highest BCUT2D eigenvalue weighted by molar-refractivity contribution is 9.10. The molecule has 1 rings (SSSR count). The highest BCUT2D eigenvalue weighted by Gasteiger charge is 2.18. The first-order chi connectivity index (χ1) is 7.81. The molecule has 1 unspecified atom stereocenters. The van der Waals surface area contributed by atoms with Crippen LogP contribution >= 0.6 is 15.9 Å². The van der Waals surface area contributed by atoms with E-state index in [0.717, 1.165) is 22.9 Å². The summed E-state index contributed by atoms with van der Waals surface area (Å²) < 4.78 is 14.5. The average Bonchev–Trinajstić information content (AvgIpc) is 2.19. The quantitative estimate of drug-likeness (QED) is 0.881. The fourth-order valence-corrected chi connectivity index (χ4v) is 2.30. The van der Waals surface area contributed by atoms with Crippen LogP contribution in [-0.2, 0) is 6.42 Å². The van der Waals surface area contributed by atoms with Gasteiger partial charge in [0.2, 0.25) is 0 Å². The number of halogens is 2. The van der Waals surface area contributed by atoms with Gasteiger partial charge in [-0.15, -0.1) is 0 Å². The van der Waals surface area contributed by atoms with Gasteiger partial charge in [-0.1, -0.05) is 42.8 Å². The van der Waals surface area contributed by atoms with Gasteiger partial charge in [0.05, 0.1) is 0 Å². The molecule has 0 aliphatic carbocycles. The topological polar surface area (TPSA) is 12.0 Å². The first-order valence-electron chi connectivity index (χ1n) is 5.93. The molecule has 0 heterocycles. The number of likely N-dealkylation sites (N-methyl/N-ethyl adjacent to an activating group) is 1. The Morgan fingerprint density at radius 3 is 2.47 bits per heavy atom. The summed E-state index contributed by atoms with van der Waals surface area (Å²) in [7, 11) is 1.94. The van der Waals surface area contributed by atoms with Crippen LogP contribution in [-0.4, -0.2) is 13.1 Å². The second-order valence-corrected chi connectivity index (χ2v) is 6.61. The van der Waals surface area contributed by atoms with Gasteiger partial charge in [0.1, 0.15) is 5.82 Å². The third-order valence-electron chi connectivity index (χ3n) is 2.75. The maximum atomic E-state index is 13.7. The molecule has 0 saturated carbocycles. The number of hydrogen-bond acceptors (Lipinski definition) is 1. The standard InChI is InChI=1S/C14H21BrFN/c1-14(2,3)9-12(17-4)7-10-5-6-11(15)8-13(10)16/h5-6,8,12,17H,7,9H2,1-4H3. The maximum Gasteiger partial charge on any atom is 0.127 e. The monoisotopic (exact) mass is 301 g/mol. The van der Waals surface area contributed by atoms with Crippen molar-refractivity contribution in [2.24, 2.45) is 5.41 Å². The molecule has 0 radical (unpaired) electrons. The summed E-state index contributed by atoms with van der Waals surface area (Å²) in [6.07, 6.45) is 1.76. The Kier molecular flexibility index (Phi) is 5.14. The first kappa shape index (κ1) is 14.7. The summed E-state index contributed by atoms with van der Waals surface area (Å²) in [6, 6.07) is 5.58. The molecular formula is C14H21BrFN. The van der Waals surface area contributed by atoms with Crippen molar-refractivity contribution in [3.8, 4) is 0 Å². The Hall–Kier alpha value is -0.410. The Labute approximate surface area is 112 Å². The van der Waals surface area contributed by atoms with Gasteiger partial charge in [0.15, 0.2) is 0 Å². The summed E-state index contributed by atoms with van der Waals surface area (Å²) in [5, 5.41) is 3.27. The highest BCUT2D eigenvalue weighted by atomic mass is 79.9. The van der Waals surface area contributed by atoms with E-state index in [9.17, 15) is 4.39 Å². The Balaban J connectivity index is 2.74. The van der Waals surface area contributed by atoms with Crippen molar-refractivity contribution in [1.82, 2.24) is 5.32 Å². The SMILES string of the molecule is CNC(Cc1ccc(Br)cc1F)CC(C)(C)C. The molecule has 1 N–H and O–H groups in total. The van der Waals surface area contributed by atoms with E-state index in [-0.39, 0.29) is 11.2 Å². The van der Waals surface area contributed by atoms with Crippen molar-refractivity contribution in [1.29, 1.82) is 0 Å². The van der Waals surface area contributed by atoms with Crippen LogP contribution in [0.5, 0.6) is 0 Å². The van der Waals surface area contributed by atoms with E-state index < -0.39 is 0 Å². The summed E-state index contributed by atoms with van der Waals surface area (Å²) in [5.41, 5.74) is 1.02. The lowest BCUT2D eigenvalue weighted by molar-refractivity contribution is 0.314. The number of benzene rings is 1. The molecule has 96 valence electrons. The number of nitrogens with one attached hydrogen (secondary N) is 1. The van der Waals surface area contributed by atoms with Crippen LogP contribution in [0.3, 0.4) is 0 Å². The summed E-state index contributed by atoms with van der Waals surface area (Å²) >= 11 is 3.27. The maximum absolute atomic E-state index is 13.7. The van der Waals surface area contributed by atoms with E-state index in [1.807, 2.05) is 19.2 Å². The fourth-order valence-electron chi connectivity index (χ4n) is 1.97. The molecule has 0 amide bonds. The molecular weight excluding hydrogens is 281 g/mol. The molecule has 0 aliphatic heterocycles. The predicted molar refractivity (Wildman–Crippen MR) is 74.7 cm³/mol. The van der Waals surface area contributed by atoms with E-state index in [4.69, 9.17) is 0 Å². The van der Waals surface area contributed by atoms with Crippen LogP contribution in [0.1, 0.15) is 32.8 Å². The molecule has 1 atom stereocenters. The molecule has 0 fully saturated rings. The zero-order chi connectivity index (χ0) is 13.1. The number of hydrogen-bond donors (Lipinski definition) is 1. The van der Waals surface area contributed by atoms with Gasteiger partial charge in [-0.3, -0.25) is 0 Å². The van der Waals surface area contributed by atoms with E-state index >= 15 is 0 Å². The molecule has 0 aliphatic rings. The van der Waals surface area contributed by atoms with Crippen molar-refractivity contribution in [2.45, 2.75) is 39.7 Å². The van der Waals surface area contributed by atoms with Crippen LogP contribution in [0.25, 0.3) is 0 Å². The van der Waals surface area contributed by atoms with Gasteiger partial charge in [-0.05, 0) is 43.0 Å². The molecule has 17 heavy (non-hydrogen) atoms. The lowest BCUT2D eigenvalue weighted by Gasteiger charge is -2.26. The Morgan fingerprint density at radius 2 is 2.00 bits per heavy atom. The number of rotatable bonds is 4. The summed E-state index contributed by atoms with van der Waals surface area (Å²) in [4.78, 5) is 0. The van der Waals surface area contributed by atoms with Crippen molar-refractivity contribution in [3.63, 3.8) is 0 Å². The molecule has 0 aromatic heterocycles. The third kappa shape index (κ3) is 5.17. The van der Waals surface area contributed by atoms with E-state index in [1.54, 1.807) is 0 Å². The normalized spacial score (nSPS) is 13.8. The second kappa shape index (κ2) is 5.96. The second-order valence-electron chi connectivity index (χ2n) is 5.69. The minimum Gasteiger partial charge on any atom is -0.317 e. The lowest BCUT2D eigenvalue weighted by atomic mass is 9.86. The summed E-state index contributed by atoms with van der Waals surface area (Å²) in [6.45, 7) is 6.61. The predicted octanol–water partition coefficient (Wildman–Crippen LogP) is 4.15. The molecule has 1 aromatic rings. The van der Waals surface area contributed by atoms with Crippen molar-refractivity contribution in [2.75, 3.05) is 7.05 Å². The van der Waals surface area contributed by atoms with Gasteiger partial charge in [0.25, 0.3) is 0 Å². The van der Waals surface area contributed by atoms with Crippen molar-refractivity contribution in [3.05, 3.63) is 34.1 Å². The molecule has 1 nitrogen and oxygen atoms in total. The van der Waals surface area contributed by atoms with Gasteiger partial charge in [0, 0.05) is 10.5 Å². The Bertz CT molecular complexity index is 371.